The minimum atomic E-state index is 0.0766. The lowest BCUT2D eigenvalue weighted by atomic mass is 9.91. The molecule has 0 saturated carbocycles. The van der Waals surface area contributed by atoms with E-state index in [0.29, 0.717) is 11.9 Å². The lowest BCUT2D eigenvalue weighted by Gasteiger charge is -2.22. The number of anilines is 1. The van der Waals surface area contributed by atoms with Crippen molar-refractivity contribution in [1.29, 1.82) is 0 Å². The van der Waals surface area contributed by atoms with Crippen LogP contribution in [0.15, 0.2) is 6.07 Å². The van der Waals surface area contributed by atoms with Crippen LogP contribution in [0.3, 0.4) is 0 Å². The molecule has 15 heavy (non-hydrogen) atoms. The zero-order chi connectivity index (χ0) is 11.1. The molecule has 2 rings (SSSR count). The van der Waals surface area contributed by atoms with Crippen LogP contribution in [0.25, 0.3) is 0 Å². The number of rotatable bonds is 1. The van der Waals surface area contributed by atoms with Gasteiger partial charge in [-0.05, 0) is 6.42 Å². The molecule has 1 aromatic rings. The van der Waals surface area contributed by atoms with Gasteiger partial charge in [-0.15, -0.1) is 0 Å². The van der Waals surface area contributed by atoms with Crippen LogP contribution >= 0.6 is 0 Å². The highest BCUT2D eigenvalue weighted by Gasteiger charge is 2.26. The highest BCUT2D eigenvalue weighted by Crippen LogP contribution is 2.29. The molecule has 1 atom stereocenters. The van der Waals surface area contributed by atoms with Crippen molar-refractivity contribution < 1.29 is 4.74 Å². The van der Waals surface area contributed by atoms with E-state index in [4.69, 9.17) is 10.5 Å². The van der Waals surface area contributed by atoms with Gasteiger partial charge in [0.25, 0.3) is 0 Å². The Hall–Kier alpha value is -1.03. The Morgan fingerprint density at radius 1 is 1.53 bits per heavy atom. The fourth-order valence-electron chi connectivity index (χ4n) is 1.97. The van der Waals surface area contributed by atoms with Gasteiger partial charge in [-0.25, -0.2) is 0 Å². The Morgan fingerprint density at radius 2 is 2.27 bits per heavy atom. The largest absolute Gasteiger partial charge is 0.382 e. The van der Waals surface area contributed by atoms with Gasteiger partial charge in [0.05, 0.1) is 12.6 Å². The molecule has 1 unspecified atom stereocenters. The maximum atomic E-state index is 5.77. The molecule has 0 bridgehead atoms. The number of nitrogens with zero attached hydrogens (tertiary/aromatic N) is 2. The Labute approximate surface area is 90.4 Å². The zero-order valence-corrected chi connectivity index (χ0v) is 9.66. The first-order chi connectivity index (χ1) is 6.98. The minimum absolute atomic E-state index is 0.0766. The van der Waals surface area contributed by atoms with Gasteiger partial charge in [0.15, 0.2) is 0 Å². The van der Waals surface area contributed by atoms with Gasteiger partial charge >= 0.3 is 0 Å². The van der Waals surface area contributed by atoms with Crippen molar-refractivity contribution in [3.8, 4) is 0 Å². The van der Waals surface area contributed by atoms with Crippen molar-refractivity contribution >= 4 is 5.82 Å². The summed E-state index contributed by atoms with van der Waals surface area (Å²) in [6.45, 7) is 8.11. The highest BCUT2D eigenvalue weighted by molar-refractivity contribution is 5.33. The molecule has 1 aliphatic heterocycles. The highest BCUT2D eigenvalue weighted by atomic mass is 16.5. The van der Waals surface area contributed by atoms with Gasteiger partial charge in [-0.1, -0.05) is 20.8 Å². The van der Waals surface area contributed by atoms with E-state index in [-0.39, 0.29) is 5.41 Å². The third-order valence-electron chi connectivity index (χ3n) is 2.77. The minimum Gasteiger partial charge on any atom is -0.382 e. The van der Waals surface area contributed by atoms with Crippen molar-refractivity contribution in [2.45, 2.75) is 38.6 Å². The first-order valence-electron chi connectivity index (χ1n) is 5.42. The van der Waals surface area contributed by atoms with Crippen LogP contribution in [0.1, 0.15) is 38.9 Å². The van der Waals surface area contributed by atoms with E-state index in [2.05, 4.69) is 25.9 Å². The fraction of sp³-hybridized carbons (Fsp3) is 0.727. The Morgan fingerprint density at radius 3 is 2.80 bits per heavy atom. The maximum Gasteiger partial charge on any atom is 0.145 e. The number of hydrogen-bond donors (Lipinski definition) is 1. The number of hydrogen-bond acceptors (Lipinski definition) is 3. The topological polar surface area (TPSA) is 53.1 Å². The molecule has 1 aliphatic rings. The number of nitrogen functional groups attached to an aromatic ring is 1. The third kappa shape index (κ3) is 2.00. The Bertz CT molecular complexity index is 345. The van der Waals surface area contributed by atoms with Crippen LogP contribution in [0.2, 0.25) is 0 Å². The molecule has 0 aliphatic carbocycles. The third-order valence-corrected chi connectivity index (χ3v) is 2.77. The molecule has 0 spiro atoms. The normalized spacial score (nSPS) is 22.2. The first-order valence-corrected chi connectivity index (χ1v) is 5.42. The van der Waals surface area contributed by atoms with Crippen LogP contribution in [-0.4, -0.2) is 23.0 Å². The van der Waals surface area contributed by atoms with Crippen molar-refractivity contribution in [3.05, 3.63) is 11.8 Å². The van der Waals surface area contributed by atoms with Crippen LogP contribution in [0.5, 0.6) is 0 Å². The molecular formula is C11H19N3O. The predicted octanol–water partition coefficient (Wildman–Crippen LogP) is 1.72. The first kappa shape index (κ1) is 10.5. The summed E-state index contributed by atoms with van der Waals surface area (Å²) in [4.78, 5) is 0. The smallest absolute Gasteiger partial charge is 0.145 e. The second kappa shape index (κ2) is 3.52. The molecular weight excluding hydrogens is 190 g/mol. The lowest BCUT2D eigenvalue weighted by Crippen LogP contribution is -2.22. The van der Waals surface area contributed by atoms with Crippen LogP contribution in [0, 0.1) is 0 Å². The van der Waals surface area contributed by atoms with Gasteiger partial charge in [0, 0.05) is 23.8 Å². The van der Waals surface area contributed by atoms with Gasteiger partial charge in [0.2, 0.25) is 0 Å². The Kier molecular flexibility index (Phi) is 2.46. The summed E-state index contributed by atoms with van der Waals surface area (Å²) in [5.74, 6) is 0.604. The summed E-state index contributed by atoms with van der Waals surface area (Å²) in [6.07, 6.45) is 1.03. The van der Waals surface area contributed by atoms with Crippen LogP contribution < -0.4 is 5.73 Å². The molecule has 4 heteroatoms. The molecule has 4 nitrogen and oxygen atoms in total. The van der Waals surface area contributed by atoms with Gasteiger partial charge in [0.1, 0.15) is 5.82 Å². The van der Waals surface area contributed by atoms with E-state index in [0.717, 1.165) is 19.6 Å². The molecule has 2 N–H and O–H groups in total. The average molecular weight is 209 g/mol. The summed E-state index contributed by atoms with van der Waals surface area (Å²) in [6, 6.07) is 2.33. The van der Waals surface area contributed by atoms with Crippen LogP contribution in [-0.2, 0) is 10.2 Å². The van der Waals surface area contributed by atoms with Crippen molar-refractivity contribution in [3.63, 3.8) is 0 Å². The summed E-state index contributed by atoms with van der Waals surface area (Å²) in [5, 5.41) is 4.37. The van der Waals surface area contributed by atoms with Gasteiger partial charge < -0.3 is 10.5 Å². The number of nitrogens with two attached hydrogens (primary N) is 1. The molecule has 0 aromatic carbocycles. The van der Waals surface area contributed by atoms with E-state index in [1.807, 2.05) is 10.7 Å². The van der Waals surface area contributed by atoms with E-state index in [1.165, 1.54) is 5.69 Å². The lowest BCUT2D eigenvalue weighted by molar-refractivity contribution is 0.183. The van der Waals surface area contributed by atoms with E-state index >= 15 is 0 Å². The zero-order valence-electron chi connectivity index (χ0n) is 9.66. The molecule has 0 radical (unpaired) electrons. The molecule has 1 fully saturated rings. The maximum absolute atomic E-state index is 5.77. The second-order valence-electron chi connectivity index (χ2n) is 5.17. The SMILES string of the molecule is CC(C)(C)c1cc(N)nn1C1CCOC1. The van der Waals surface area contributed by atoms with E-state index < -0.39 is 0 Å². The van der Waals surface area contributed by atoms with Crippen molar-refractivity contribution in [2.75, 3.05) is 18.9 Å². The standard InChI is InChI=1S/C11H19N3O/c1-11(2,3)9-6-10(12)13-14(9)8-4-5-15-7-8/h6,8H,4-5,7H2,1-3H3,(H2,12,13). The quantitative estimate of drug-likeness (QED) is 0.766. The second-order valence-corrected chi connectivity index (χ2v) is 5.17. The summed E-state index contributed by atoms with van der Waals surface area (Å²) >= 11 is 0. The van der Waals surface area contributed by atoms with Crippen molar-refractivity contribution in [1.82, 2.24) is 9.78 Å². The molecule has 84 valence electrons. The summed E-state index contributed by atoms with van der Waals surface area (Å²) < 4.78 is 7.43. The number of ether oxygens (including phenoxy) is 1. The molecule has 1 saturated heterocycles. The monoisotopic (exact) mass is 209 g/mol. The van der Waals surface area contributed by atoms with E-state index in [1.54, 1.807) is 0 Å². The predicted molar refractivity (Wildman–Crippen MR) is 59.8 cm³/mol. The summed E-state index contributed by atoms with van der Waals surface area (Å²) in [5.41, 5.74) is 7.04. The Balaban J connectivity index is 2.37. The van der Waals surface area contributed by atoms with Gasteiger partial charge in [-0.2, -0.15) is 5.10 Å². The fourth-order valence-corrected chi connectivity index (χ4v) is 1.97. The van der Waals surface area contributed by atoms with Crippen LogP contribution in [0.4, 0.5) is 5.82 Å². The van der Waals surface area contributed by atoms with E-state index in [9.17, 15) is 0 Å². The summed E-state index contributed by atoms with van der Waals surface area (Å²) in [7, 11) is 0. The van der Waals surface area contributed by atoms with Gasteiger partial charge in [-0.3, -0.25) is 4.68 Å². The molecule has 2 heterocycles. The molecule has 1 aromatic heterocycles. The van der Waals surface area contributed by atoms with Crippen molar-refractivity contribution in [2.24, 2.45) is 0 Å². The molecule has 0 amide bonds. The average Bonchev–Trinajstić information content (AvgIpc) is 2.68. The number of aromatic nitrogens is 2.